The first kappa shape index (κ1) is 46.2. The van der Waals surface area contributed by atoms with Crippen LogP contribution in [0.3, 0.4) is 0 Å². The quantitative estimate of drug-likeness (QED) is 0.0983. The first-order valence-corrected chi connectivity index (χ1v) is 18.9. The van der Waals surface area contributed by atoms with Crippen LogP contribution in [0.4, 0.5) is 44.2 Å². The maximum absolute atomic E-state index is 13.0. The summed E-state index contributed by atoms with van der Waals surface area (Å²) in [6.45, 7) is 4.04. The van der Waals surface area contributed by atoms with Crippen molar-refractivity contribution in [2.24, 2.45) is 5.73 Å². The van der Waals surface area contributed by atoms with E-state index in [0.717, 1.165) is 56.8 Å². The van der Waals surface area contributed by atoms with Gasteiger partial charge >= 0.3 is 18.0 Å². The van der Waals surface area contributed by atoms with Gasteiger partial charge in [-0.05, 0) is 87.2 Å². The van der Waals surface area contributed by atoms with Crippen molar-refractivity contribution in [3.05, 3.63) is 84.4 Å². The van der Waals surface area contributed by atoms with Crippen molar-refractivity contribution in [3.63, 3.8) is 0 Å². The highest BCUT2D eigenvalue weighted by Crippen LogP contribution is 2.40. The van der Waals surface area contributed by atoms with Crippen molar-refractivity contribution < 1.29 is 34.5 Å². The number of aliphatic hydroxyl groups excluding tert-OH is 2. The van der Waals surface area contributed by atoms with Gasteiger partial charge in [0.25, 0.3) is 0 Å². The number of hydrogen-bond donors (Lipinski definition) is 6. The molecule has 4 aromatic rings. The second-order valence-corrected chi connectivity index (χ2v) is 13.7. The minimum absolute atomic E-state index is 0. The Morgan fingerprint density at radius 3 is 1.59 bits per heavy atom. The lowest BCUT2D eigenvalue weighted by atomic mass is 10.1. The van der Waals surface area contributed by atoms with Gasteiger partial charge in [0.2, 0.25) is 0 Å². The van der Waals surface area contributed by atoms with Gasteiger partial charge < -0.3 is 30.9 Å². The molecule has 4 aromatic heterocycles. The van der Waals surface area contributed by atoms with E-state index in [1.165, 1.54) is 6.07 Å². The van der Waals surface area contributed by atoms with Crippen LogP contribution < -0.4 is 36.0 Å². The molecule has 59 heavy (non-hydrogen) atoms. The molecule has 4 bridgehead atoms. The fourth-order valence-electron chi connectivity index (χ4n) is 7.05. The molecule has 2 atom stereocenters. The number of carbonyl (C=O) groups is 4. The number of nitrogens with one attached hydrogen (secondary N) is 2. The number of anilines is 6. The van der Waals surface area contributed by atoms with Gasteiger partial charge in [0.1, 0.15) is 17.3 Å². The number of hydrogen-bond acceptors (Lipinski definition) is 13. The van der Waals surface area contributed by atoms with E-state index < -0.39 is 5.97 Å². The SMILES string of the molecule is NCCCO.O=C(CCCCO)c1ccc2c(n1)N(C(=O)Nc1ccccn1)[C@H]1CCN2C1.O=C(O)c1ccc2c(n1)N(C(=O)Nc1ccccn1)[C@H]1CCN2C1.S.S. The molecule has 7 N–H and O–H groups in total. The number of aliphatic hydroxyl groups is 2. The zero-order valence-corrected chi connectivity index (χ0v) is 34.4. The molecule has 2 saturated heterocycles. The van der Waals surface area contributed by atoms with Gasteiger partial charge in [0.15, 0.2) is 23.1 Å². The monoisotopic (exact) mass is 849 g/mol. The molecule has 2 fully saturated rings. The molecule has 0 unspecified atom stereocenters. The topological polar surface area (TPSA) is 244 Å². The predicted molar refractivity (Wildman–Crippen MR) is 235 cm³/mol. The van der Waals surface area contributed by atoms with Crippen LogP contribution in [0, 0.1) is 0 Å². The standard InChI is InChI=1S/C20H23N5O3.C16H15N5O3.C3H9NO.2H2S/c26-12-4-2-5-17(27)15-7-8-16-19(22-15)25(14-9-11-24(16)13-14)20(28)23-18-6-1-3-10-21-18;22-15(23)11-4-5-12-14(18-11)21(10-6-8-20(12)9-10)16(24)19-13-3-1-2-7-17-13;4-2-1-3-5;;/h1,3,6-8,10,14,26H,2,4-5,9,11-13H2,(H,21,23,28);1-5,7,10H,6,8-9H2,(H,22,23)(H,17,19,24);5H,1-4H2;2*1H2/t14-;10-;;;/m00.../s1. The zero-order chi connectivity index (χ0) is 40.3. The molecule has 8 heterocycles. The van der Waals surface area contributed by atoms with Crippen molar-refractivity contribution in [2.75, 3.05) is 76.2 Å². The lowest BCUT2D eigenvalue weighted by molar-refractivity contribution is 0.0690. The second-order valence-electron chi connectivity index (χ2n) is 13.7. The molecule has 4 aliphatic rings. The van der Waals surface area contributed by atoms with Gasteiger partial charge in [0.05, 0.1) is 23.5 Å². The minimum Gasteiger partial charge on any atom is -0.477 e. The summed E-state index contributed by atoms with van der Waals surface area (Å²) in [6.07, 6.45) is 7.15. The number of urea groups is 2. The van der Waals surface area contributed by atoms with Crippen molar-refractivity contribution >= 4 is 85.5 Å². The maximum atomic E-state index is 13.0. The average Bonchev–Trinajstić information content (AvgIpc) is 3.84. The summed E-state index contributed by atoms with van der Waals surface area (Å²) in [6, 6.07) is 16.7. The summed E-state index contributed by atoms with van der Waals surface area (Å²) in [4.78, 5) is 74.0. The van der Waals surface area contributed by atoms with Gasteiger partial charge in [-0.1, -0.05) is 12.1 Å². The van der Waals surface area contributed by atoms with Crippen LogP contribution in [-0.4, -0.2) is 117 Å². The van der Waals surface area contributed by atoms with Gasteiger partial charge in [-0.15, -0.1) is 0 Å². The van der Waals surface area contributed by atoms with Gasteiger partial charge in [0, 0.05) is 58.2 Å². The molecule has 0 spiro atoms. The Morgan fingerprint density at radius 1 is 0.678 bits per heavy atom. The minimum atomic E-state index is -1.11. The number of carboxylic acid groups (broad SMARTS) is 1. The van der Waals surface area contributed by atoms with Crippen molar-refractivity contribution in [1.82, 2.24) is 19.9 Å². The molecule has 0 aliphatic carbocycles. The fraction of sp³-hybridized carbons (Fsp3) is 0.385. The third kappa shape index (κ3) is 11.1. The van der Waals surface area contributed by atoms with E-state index in [2.05, 4.69) is 40.4 Å². The molecular weight excluding hydrogens is 799 g/mol. The number of aromatic nitrogens is 4. The number of Topliss-reactive ketones (excluding diaryl/α,β-unsaturated/α-hetero) is 1. The summed E-state index contributed by atoms with van der Waals surface area (Å²) in [5, 5.41) is 31.7. The molecular formula is C39H51N11O7S2. The van der Waals surface area contributed by atoms with E-state index in [4.69, 9.17) is 15.9 Å². The van der Waals surface area contributed by atoms with E-state index in [9.17, 15) is 24.3 Å². The van der Waals surface area contributed by atoms with Crippen LogP contribution in [0.1, 0.15) is 59.5 Å². The first-order valence-electron chi connectivity index (χ1n) is 18.9. The lowest BCUT2D eigenvalue weighted by Gasteiger charge is -2.35. The van der Waals surface area contributed by atoms with Crippen molar-refractivity contribution in [1.29, 1.82) is 0 Å². The summed E-state index contributed by atoms with van der Waals surface area (Å²) in [7, 11) is 0. The van der Waals surface area contributed by atoms with Crippen LogP contribution in [0.25, 0.3) is 0 Å². The number of rotatable bonds is 10. The Hall–Kier alpha value is -5.54. The molecule has 0 radical (unpaired) electrons. The molecule has 4 aliphatic heterocycles. The van der Waals surface area contributed by atoms with Crippen LogP contribution >= 0.6 is 27.0 Å². The lowest BCUT2D eigenvalue weighted by Crippen LogP contribution is -2.48. The third-order valence-electron chi connectivity index (χ3n) is 9.82. The zero-order valence-electron chi connectivity index (χ0n) is 32.4. The Morgan fingerprint density at radius 2 is 1.17 bits per heavy atom. The van der Waals surface area contributed by atoms with Gasteiger partial charge in [-0.2, -0.15) is 27.0 Å². The highest BCUT2D eigenvalue weighted by Gasteiger charge is 2.42. The summed E-state index contributed by atoms with van der Waals surface area (Å²) >= 11 is 0. The van der Waals surface area contributed by atoms with Crippen LogP contribution in [0.2, 0.25) is 0 Å². The molecule has 4 amide bonds. The van der Waals surface area contributed by atoms with Crippen LogP contribution in [0.15, 0.2) is 73.1 Å². The number of nitrogens with two attached hydrogens (primary N) is 1. The largest absolute Gasteiger partial charge is 0.477 e. The highest BCUT2D eigenvalue weighted by atomic mass is 32.1. The third-order valence-corrected chi connectivity index (χ3v) is 9.82. The van der Waals surface area contributed by atoms with E-state index >= 15 is 0 Å². The summed E-state index contributed by atoms with van der Waals surface area (Å²) in [5.41, 5.74) is 6.91. The fourth-order valence-corrected chi connectivity index (χ4v) is 7.05. The molecule has 20 heteroatoms. The Bertz CT molecular complexity index is 2040. The predicted octanol–water partition coefficient (Wildman–Crippen LogP) is 3.81. The van der Waals surface area contributed by atoms with E-state index in [0.29, 0.717) is 54.8 Å². The smallest absolute Gasteiger partial charge is 0.354 e. The number of amides is 4. The van der Waals surface area contributed by atoms with Crippen LogP contribution in [-0.2, 0) is 0 Å². The van der Waals surface area contributed by atoms with Gasteiger partial charge in [-0.3, -0.25) is 25.2 Å². The van der Waals surface area contributed by atoms with E-state index in [-0.39, 0.29) is 75.8 Å². The molecule has 0 aromatic carbocycles. The number of aromatic carboxylic acids is 1. The van der Waals surface area contributed by atoms with Crippen LogP contribution in [0.5, 0.6) is 0 Å². The number of carbonyl (C=O) groups excluding carboxylic acids is 3. The highest BCUT2D eigenvalue weighted by molar-refractivity contribution is 7.59. The first-order chi connectivity index (χ1) is 27.7. The Balaban J connectivity index is 0.000000229. The molecule has 8 rings (SSSR count). The number of pyridine rings is 4. The van der Waals surface area contributed by atoms with Crippen molar-refractivity contribution in [3.8, 4) is 0 Å². The van der Waals surface area contributed by atoms with E-state index in [1.54, 1.807) is 64.7 Å². The molecule has 18 nitrogen and oxygen atoms in total. The second kappa shape index (κ2) is 22.0. The Labute approximate surface area is 355 Å². The molecule has 0 saturated carbocycles. The van der Waals surface area contributed by atoms with E-state index in [1.807, 2.05) is 12.1 Å². The summed E-state index contributed by atoms with van der Waals surface area (Å²) < 4.78 is 0. The number of unbranched alkanes of at least 4 members (excludes halogenated alkanes) is 1. The maximum Gasteiger partial charge on any atom is 0.354 e. The number of ketones is 1. The Kier molecular flexibility index (Phi) is 17.2. The average molecular weight is 850 g/mol. The normalized spacial score (nSPS) is 16.4. The van der Waals surface area contributed by atoms with Crippen molar-refractivity contribution in [2.45, 2.75) is 50.6 Å². The summed E-state index contributed by atoms with van der Waals surface area (Å²) in [5.74, 6) is 0.641. The number of carboxylic acids is 1. The number of nitrogens with zero attached hydrogens (tertiary/aromatic N) is 8. The molecule has 316 valence electrons. The number of fused-ring (bicyclic) bond motifs is 8. The van der Waals surface area contributed by atoms with Gasteiger partial charge in [-0.25, -0.2) is 34.3 Å².